The number of methoxy groups -OCH3 is 3. The molecule has 0 aliphatic rings. The Morgan fingerprint density at radius 1 is 1.11 bits per heavy atom. The number of hydrogen-bond donors (Lipinski definition) is 1. The number of nitrogens with zero attached hydrogens (tertiary/aromatic N) is 4. The molecule has 0 unspecified atom stereocenters. The average Bonchev–Trinajstić information content (AvgIpc) is 3.38. The van der Waals surface area contributed by atoms with Gasteiger partial charge >= 0.3 is 0 Å². The molecule has 11 heteroatoms. The van der Waals surface area contributed by atoms with Crippen LogP contribution < -0.4 is 19.5 Å². The monoisotopic (exact) mass is 421 g/mol. The molecule has 0 saturated heterocycles. The molecule has 0 amide bonds. The lowest BCUT2D eigenvalue weighted by atomic mass is 10.2. The fraction of sp³-hybridized carbons (Fsp3) is 0.294. The van der Waals surface area contributed by atoms with Crippen molar-refractivity contribution in [3.8, 4) is 28.7 Å². The molecule has 148 valence electrons. The molecule has 1 aromatic carbocycles. The highest BCUT2D eigenvalue weighted by molar-refractivity contribution is 8.00. The third kappa shape index (κ3) is 4.54. The minimum absolute atomic E-state index is 0.362. The highest BCUT2D eigenvalue weighted by atomic mass is 32.2. The first-order chi connectivity index (χ1) is 13.7. The summed E-state index contributed by atoms with van der Waals surface area (Å²) in [4.78, 5) is 0. The number of ether oxygens (including phenoxy) is 3. The van der Waals surface area contributed by atoms with Gasteiger partial charge in [0, 0.05) is 12.1 Å². The highest BCUT2D eigenvalue weighted by Crippen LogP contribution is 2.41. The molecule has 0 bridgehead atoms. The van der Waals surface area contributed by atoms with Crippen LogP contribution in [0, 0.1) is 0 Å². The molecule has 2 heterocycles. The van der Waals surface area contributed by atoms with Crippen LogP contribution in [-0.2, 0) is 5.75 Å². The Labute approximate surface area is 170 Å². The van der Waals surface area contributed by atoms with Crippen molar-refractivity contribution in [2.75, 3.05) is 33.2 Å². The zero-order chi connectivity index (χ0) is 19.9. The third-order valence-electron chi connectivity index (χ3n) is 3.50. The maximum atomic E-state index is 5.77. The van der Waals surface area contributed by atoms with Gasteiger partial charge in [0.05, 0.1) is 27.1 Å². The summed E-state index contributed by atoms with van der Waals surface area (Å²) >= 11 is 2.93. The first kappa shape index (κ1) is 20.0. The summed E-state index contributed by atoms with van der Waals surface area (Å²) in [6.07, 6.45) is 1.76. The quantitative estimate of drug-likeness (QED) is 0.386. The summed E-state index contributed by atoms with van der Waals surface area (Å²) in [5.41, 5.74) is 0.671. The predicted octanol–water partition coefficient (Wildman–Crippen LogP) is 3.50. The van der Waals surface area contributed by atoms with E-state index in [-0.39, 0.29) is 0 Å². The molecule has 0 aliphatic heterocycles. The van der Waals surface area contributed by atoms with E-state index in [1.165, 1.54) is 23.1 Å². The molecule has 28 heavy (non-hydrogen) atoms. The number of nitrogens with one attached hydrogen (secondary N) is 1. The van der Waals surface area contributed by atoms with Gasteiger partial charge in [0.1, 0.15) is 0 Å². The Kier molecular flexibility index (Phi) is 6.71. The molecule has 9 nitrogen and oxygen atoms in total. The molecule has 0 saturated carbocycles. The van der Waals surface area contributed by atoms with Gasteiger partial charge in [-0.1, -0.05) is 29.2 Å². The van der Waals surface area contributed by atoms with Gasteiger partial charge in [-0.2, -0.15) is 0 Å². The topological polar surface area (TPSA) is 104 Å². The van der Waals surface area contributed by atoms with E-state index in [9.17, 15) is 0 Å². The van der Waals surface area contributed by atoms with Gasteiger partial charge in [0.25, 0.3) is 0 Å². The van der Waals surface area contributed by atoms with Crippen LogP contribution in [0.3, 0.4) is 0 Å². The lowest BCUT2D eigenvalue weighted by Gasteiger charge is -2.12. The molecule has 0 radical (unpaired) electrons. The van der Waals surface area contributed by atoms with Gasteiger partial charge in [0.15, 0.2) is 15.8 Å². The lowest BCUT2D eigenvalue weighted by molar-refractivity contribution is 0.324. The zero-order valence-corrected chi connectivity index (χ0v) is 17.2. The lowest BCUT2D eigenvalue weighted by Crippen LogP contribution is -1.96. The van der Waals surface area contributed by atoms with Crippen LogP contribution in [0.2, 0.25) is 0 Å². The number of rotatable bonds is 10. The van der Waals surface area contributed by atoms with E-state index < -0.39 is 0 Å². The molecule has 2 aromatic heterocycles. The van der Waals surface area contributed by atoms with Crippen molar-refractivity contribution in [1.29, 1.82) is 0 Å². The van der Waals surface area contributed by atoms with E-state index in [0.717, 1.165) is 9.47 Å². The Hall–Kier alpha value is -2.79. The zero-order valence-electron chi connectivity index (χ0n) is 15.6. The third-order valence-corrected chi connectivity index (χ3v) is 5.50. The average molecular weight is 422 g/mol. The fourth-order valence-corrected chi connectivity index (χ4v) is 3.85. The van der Waals surface area contributed by atoms with Crippen molar-refractivity contribution in [1.82, 2.24) is 20.4 Å². The van der Waals surface area contributed by atoms with Crippen molar-refractivity contribution in [2.24, 2.45) is 0 Å². The van der Waals surface area contributed by atoms with E-state index in [0.29, 0.717) is 46.9 Å². The maximum absolute atomic E-state index is 5.77. The molecule has 3 rings (SSSR count). The predicted molar refractivity (Wildman–Crippen MR) is 108 cm³/mol. The van der Waals surface area contributed by atoms with Gasteiger partial charge in [-0.05, 0) is 12.1 Å². The van der Waals surface area contributed by atoms with E-state index in [2.05, 4.69) is 32.3 Å². The minimum Gasteiger partial charge on any atom is -0.493 e. The largest absolute Gasteiger partial charge is 0.493 e. The van der Waals surface area contributed by atoms with Gasteiger partial charge in [-0.3, -0.25) is 0 Å². The standard InChI is InChI=1S/C17H19N5O4S2/c1-5-6-18-16-21-22-17(28-16)27-9-13-19-20-15(26-13)10-7-11(23-2)14(25-4)12(8-10)24-3/h5,7-8H,1,6,9H2,2-4H3,(H,18,21). The van der Waals surface area contributed by atoms with Crippen molar-refractivity contribution in [2.45, 2.75) is 10.1 Å². The normalized spacial score (nSPS) is 10.5. The second-order valence-electron chi connectivity index (χ2n) is 5.25. The maximum Gasteiger partial charge on any atom is 0.248 e. The SMILES string of the molecule is C=CCNc1nnc(SCc2nnc(-c3cc(OC)c(OC)c(OC)c3)o2)s1. The van der Waals surface area contributed by atoms with E-state index in [1.807, 2.05) is 0 Å². The van der Waals surface area contributed by atoms with Crippen LogP contribution in [0.25, 0.3) is 11.5 Å². The van der Waals surface area contributed by atoms with E-state index in [4.69, 9.17) is 18.6 Å². The molecular formula is C17H19N5O4S2. The van der Waals surface area contributed by atoms with Crippen LogP contribution in [0.5, 0.6) is 17.2 Å². The van der Waals surface area contributed by atoms with Crippen LogP contribution in [0.1, 0.15) is 5.89 Å². The fourth-order valence-electron chi connectivity index (χ4n) is 2.26. The summed E-state index contributed by atoms with van der Waals surface area (Å²) in [7, 11) is 4.66. The van der Waals surface area contributed by atoms with Crippen LogP contribution in [-0.4, -0.2) is 48.3 Å². The van der Waals surface area contributed by atoms with Gasteiger partial charge < -0.3 is 23.9 Å². The minimum atomic E-state index is 0.362. The van der Waals surface area contributed by atoms with Crippen LogP contribution in [0.15, 0.2) is 33.5 Å². The highest BCUT2D eigenvalue weighted by Gasteiger charge is 2.18. The molecule has 1 N–H and O–H groups in total. The van der Waals surface area contributed by atoms with Gasteiger partial charge in [-0.25, -0.2) is 0 Å². The van der Waals surface area contributed by atoms with E-state index >= 15 is 0 Å². The molecular weight excluding hydrogens is 402 g/mol. The summed E-state index contributed by atoms with van der Waals surface area (Å²) in [6, 6.07) is 3.52. The molecule has 0 aliphatic carbocycles. The smallest absolute Gasteiger partial charge is 0.248 e. The number of aromatic nitrogens is 4. The number of thioether (sulfide) groups is 1. The van der Waals surface area contributed by atoms with Crippen molar-refractivity contribution >= 4 is 28.2 Å². The number of anilines is 1. The van der Waals surface area contributed by atoms with Crippen LogP contribution in [0.4, 0.5) is 5.13 Å². The Morgan fingerprint density at radius 3 is 2.50 bits per heavy atom. The first-order valence-electron chi connectivity index (χ1n) is 8.12. The van der Waals surface area contributed by atoms with Crippen LogP contribution >= 0.6 is 23.1 Å². The van der Waals surface area contributed by atoms with Gasteiger partial charge in [0.2, 0.25) is 22.7 Å². The summed E-state index contributed by atoms with van der Waals surface area (Å²) in [6.45, 7) is 4.30. The number of benzene rings is 1. The van der Waals surface area contributed by atoms with Crippen molar-refractivity contribution < 1.29 is 18.6 Å². The first-order valence-corrected chi connectivity index (χ1v) is 9.92. The summed E-state index contributed by atoms with van der Waals surface area (Å²) in [5, 5.41) is 20.2. The summed E-state index contributed by atoms with van der Waals surface area (Å²) < 4.78 is 22.6. The second kappa shape index (κ2) is 9.42. The summed E-state index contributed by atoms with van der Waals surface area (Å²) in [5.74, 6) is 2.85. The van der Waals surface area contributed by atoms with Gasteiger partial charge in [-0.15, -0.1) is 27.0 Å². The Morgan fingerprint density at radius 2 is 1.86 bits per heavy atom. The molecule has 3 aromatic rings. The molecule has 0 fully saturated rings. The van der Waals surface area contributed by atoms with E-state index in [1.54, 1.807) is 39.5 Å². The number of hydrogen-bond acceptors (Lipinski definition) is 11. The Balaban J connectivity index is 1.71. The van der Waals surface area contributed by atoms with Crippen molar-refractivity contribution in [3.05, 3.63) is 30.7 Å². The second-order valence-corrected chi connectivity index (χ2v) is 7.45. The molecule has 0 atom stereocenters. The molecule has 0 spiro atoms. The van der Waals surface area contributed by atoms with Crippen molar-refractivity contribution in [3.63, 3.8) is 0 Å². The Bertz CT molecular complexity index is 918.